The number of hydrogen-bond donors (Lipinski definition) is 1. The third-order valence-corrected chi connectivity index (χ3v) is 6.50. The molecule has 1 saturated heterocycles. The average molecular weight is 525 g/mol. The fourth-order valence-electron chi connectivity index (χ4n) is 3.26. The van der Waals surface area contributed by atoms with Crippen molar-refractivity contribution in [1.82, 2.24) is 4.90 Å². The number of rotatable bonds is 6. The zero-order valence-electron chi connectivity index (χ0n) is 18.0. The summed E-state index contributed by atoms with van der Waals surface area (Å²) in [7, 11) is 0. The lowest BCUT2D eigenvalue weighted by atomic mass is 10.0. The van der Waals surface area contributed by atoms with Gasteiger partial charge in [0.1, 0.15) is 18.1 Å². The van der Waals surface area contributed by atoms with Gasteiger partial charge in [0.15, 0.2) is 0 Å². The Morgan fingerprint density at radius 1 is 1.06 bits per heavy atom. The molecule has 1 N–H and O–H groups in total. The van der Waals surface area contributed by atoms with Crippen LogP contribution in [0.3, 0.4) is 0 Å². The van der Waals surface area contributed by atoms with Crippen LogP contribution in [0.2, 0.25) is 0 Å². The third-order valence-electron chi connectivity index (χ3n) is 5.07. The van der Waals surface area contributed by atoms with Crippen molar-refractivity contribution in [1.29, 1.82) is 0 Å². The van der Waals surface area contributed by atoms with E-state index in [1.165, 1.54) is 6.08 Å². The van der Waals surface area contributed by atoms with Gasteiger partial charge >= 0.3 is 0 Å². The predicted octanol–water partition coefficient (Wildman–Crippen LogP) is 6.51. The Kier molecular flexibility index (Phi) is 6.85. The van der Waals surface area contributed by atoms with Gasteiger partial charge in [-0.15, -0.1) is 0 Å². The zero-order valence-corrected chi connectivity index (χ0v) is 20.4. The number of thioether (sulfide) groups is 1. The fraction of sp³-hybridized carbons (Fsp3) is 0.160. The lowest BCUT2D eigenvalue weighted by Gasteiger charge is -2.13. The van der Waals surface area contributed by atoms with Crippen molar-refractivity contribution in [3.05, 3.63) is 81.4 Å². The van der Waals surface area contributed by atoms with E-state index in [0.717, 1.165) is 32.3 Å². The Morgan fingerprint density at radius 3 is 2.42 bits per heavy atom. The monoisotopic (exact) mass is 524 g/mol. The molecule has 0 atom stereocenters. The van der Waals surface area contributed by atoms with Crippen LogP contribution in [-0.2, 0) is 9.59 Å². The van der Waals surface area contributed by atoms with Gasteiger partial charge in [0.05, 0.1) is 4.91 Å². The standard InChI is InChI=1S/C25H21BrN2O4S/c1-15(2)16-5-9-19(10-6-16)27-23(29)14-28-24(30)22(33-25(28)31)13-20-11-12-21(32-20)17-3-7-18(26)8-4-17/h3-13,15H,14H2,1-2H3,(H,27,29)/b22-13+. The topological polar surface area (TPSA) is 79.6 Å². The van der Waals surface area contributed by atoms with E-state index < -0.39 is 17.1 Å². The van der Waals surface area contributed by atoms with E-state index in [4.69, 9.17) is 4.42 Å². The summed E-state index contributed by atoms with van der Waals surface area (Å²) in [5.74, 6) is 0.532. The zero-order chi connectivity index (χ0) is 23.5. The Labute approximate surface area is 204 Å². The van der Waals surface area contributed by atoms with Crippen LogP contribution in [0.1, 0.15) is 31.1 Å². The number of benzene rings is 2. The van der Waals surface area contributed by atoms with Crippen molar-refractivity contribution < 1.29 is 18.8 Å². The molecule has 0 bridgehead atoms. The predicted molar refractivity (Wildman–Crippen MR) is 134 cm³/mol. The van der Waals surface area contributed by atoms with Gasteiger partial charge < -0.3 is 9.73 Å². The van der Waals surface area contributed by atoms with Crippen LogP contribution in [0.4, 0.5) is 10.5 Å². The number of hydrogen-bond acceptors (Lipinski definition) is 5. The number of amides is 3. The minimum atomic E-state index is -0.517. The lowest BCUT2D eigenvalue weighted by molar-refractivity contribution is -0.127. The van der Waals surface area contributed by atoms with Crippen LogP contribution < -0.4 is 5.32 Å². The van der Waals surface area contributed by atoms with Gasteiger partial charge in [-0.1, -0.05) is 54.0 Å². The van der Waals surface area contributed by atoms with Gasteiger partial charge in [-0.05, 0) is 59.6 Å². The number of furan rings is 1. The molecule has 1 aliphatic rings. The van der Waals surface area contributed by atoms with E-state index in [1.54, 1.807) is 24.3 Å². The van der Waals surface area contributed by atoms with Crippen molar-refractivity contribution in [2.75, 3.05) is 11.9 Å². The van der Waals surface area contributed by atoms with Gasteiger partial charge in [0.2, 0.25) is 5.91 Å². The van der Waals surface area contributed by atoms with Crippen LogP contribution in [0.5, 0.6) is 0 Å². The van der Waals surface area contributed by atoms with Crippen molar-refractivity contribution >= 4 is 56.5 Å². The van der Waals surface area contributed by atoms with E-state index in [1.807, 2.05) is 36.4 Å². The summed E-state index contributed by atoms with van der Waals surface area (Å²) in [6.45, 7) is 3.83. The van der Waals surface area contributed by atoms with E-state index in [2.05, 4.69) is 35.1 Å². The highest BCUT2D eigenvalue weighted by Gasteiger charge is 2.36. The average Bonchev–Trinajstić information content (AvgIpc) is 3.35. The number of anilines is 1. The highest BCUT2D eigenvalue weighted by atomic mass is 79.9. The first-order chi connectivity index (χ1) is 15.8. The minimum absolute atomic E-state index is 0.214. The Balaban J connectivity index is 1.41. The molecular weight excluding hydrogens is 504 g/mol. The van der Waals surface area contributed by atoms with Gasteiger partial charge in [-0.3, -0.25) is 19.3 Å². The number of imide groups is 1. The Morgan fingerprint density at radius 2 is 1.76 bits per heavy atom. The second kappa shape index (κ2) is 9.80. The largest absolute Gasteiger partial charge is 0.457 e. The minimum Gasteiger partial charge on any atom is -0.457 e. The first-order valence-corrected chi connectivity index (χ1v) is 11.9. The number of halogens is 1. The number of nitrogens with one attached hydrogen (secondary N) is 1. The molecule has 2 aromatic carbocycles. The molecule has 2 heterocycles. The molecule has 33 heavy (non-hydrogen) atoms. The van der Waals surface area contributed by atoms with Crippen LogP contribution >= 0.6 is 27.7 Å². The van der Waals surface area contributed by atoms with E-state index in [9.17, 15) is 14.4 Å². The maximum atomic E-state index is 12.7. The van der Waals surface area contributed by atoms with E-state index >= 15 is 0 Å². The quantitative estimate of drug-likeness (QED) is 0.372. The summed E-state index contributed by atoms with van der Waals surface area (Å²) in [4.78, 5) is 38.7. The molecule has 3 aromatic rings. The molecule has 6 nitrogen and oxygen atoms in total. The van der Waals surface area contributed by atoms with Crippen LogP contribution in [-0.4, -0.2) is 28.5 Å². The SMILES string of the molecule is CC(C)c1ccc(NC(=O)CN2C(=O)S/C(=C/c3ccc(-c4ccc(Br)cc4)o3)C2=O)cc1. The molecule has 8 heteroatoms. The molecule has 0 aliphatic carbocycles. The molecule has 1 fully saturated rings. The van der Waals surface area contributed by atoms with Crippen molar-refractivity contribution in [2.24, 2.45) is 0 Å². The Hall–Kier alpha value is -3.10. The second-order valence-corrected chi connectivity index (χ2v) is 9.71. The highest BCUT2D eigenvalue weighted by molar-refractivity contribution is 9.10. The van der Waals surface area contributed by atoms with Gasteiger partial charge in [0, 0.05) is 21.8 Å². The van der Waals surface area contributed by atoms with Crippen LogP contribution in [0.15, 0.2) is 74.5 Å². The number of nitrogens with zero attached hydrogens (tertiary/aromatic N) is 1. The second-order valence-electron chi connectivity index (χ2n) is 7.80. The number of carbonyl (C=O) groups excluding carboxylic acids is 3. The fourth-order valence-corrected chi connectivity index (χ4v) is 4.34. The summed E-state index contributed by atoms with van der Waals surface area (Å²) in [6.07, 6.45) is 1.52. The van der Waals surface area contributed by atoms with Gasteiger partial charge in [-0.2, -0.15) is 0 Å². The molecule has 4 rings (SSSR count). The smallest absolute Gasteiger partial charge is 0.294 e. The lowest BCUT2D eigenvalue weighted by Crippen LogP contribution is -2.36. The molecule has 0 saturated carbocycles. The van der Waals surface area contributed by atoms with Crippen molar-refractivity contribution in [3.63, 3.8) is 0 Å². The summed E-state index contributed by atoms with van der Waals surface area (Å²) >= 11 is 4.19. The molecule has 0 radical (unpaired) electrons. The maximum absolute atomic E-state index is 12.7. The summed E-state index contributed by atoms with van der Waals surface area (Å²) in [6, 6.07) is 18.7. The van der Waals surface area contributed by atoms with Crippen molar-refractivity contribution in [2.45, 2.75) is 19.8 Å². The molecule has 1 aromatic heterocycles. The van der Waals surface area contributed by atoms with Crippen LogP contribution in [0, 0.1) is 0 Å². The van der Waals surface area contributed by atoms with Gasteiger partial charge in [0.25, 0.3) is 11.1 Å². The van der Waals surface area contributed by atoms with Crippen molar-refractivity contribution in [3.8, 4) is 11.3 Å². The summed E-state index contributed by atoms with van der Waals surface area (Å²) < 4.78 is 6.77. The molecular formula is C25H21BrN2O4S. The van der Waals surface area contributed by atoms with Crippen LogP contribution in [0.25, 0.3) is 17.4 Å². The maximum Gasteiger partial charge on any atom is 0.294 e. The molecule has 3 amide bonds. The first-order valence-electron chi connectivity index (χ1n) is 10.3. The molecule has 0 spiro atoms. The van der Waals surface area contributed by atoms with E-state index in [-0.39, 0.29) is 11.4 Å². The van der Waals surface area contributed by atoms with E-state index in [0.29, 0.717) is 23.1 Å². The number of carbonyl (C=O) groups is 3. The van der Waals surface area contributed by atoms with Gasteiger partial charge in [-0.25, -0.2) is 0 Å². The highest BCUT2D eigenvalue weighted by Crippen LogP contribution is 2.33. The molecule has 168 valence electrons. The summed E-state index contributed by atoms with van der Waals surface area (Å²) in [5, 5.41) is 2.24. The molecule has 1 aliphatic heterocycles. The normalized spacial score (nSPS) is 15.0. The molecule has 0 unspecified atom stereocenters. The Bertz CT molecular complexity index is 1230. The third kappa shape index (κ3) is 5.46. The first kappa shape index (κ1) is 23.1. The summed E-state index contributed by atoms with van der Waals surface area (Å²) in [5.41, 5.74) is 2.66.